The molecule has 1 saturated carbocycles. The molecule has 1 heterocycles. The van der Waals surface area contributed by atoms with E-state index in [1.165, 1.54) is 26.8 Å². The first-order valence-corrected chi connectivity index (χ1v) is 13.0. The van der Waals surface area contributed by atoms with Gasteiger partial charge in [-0.25, -0.2) is 26.9 Å². The van der Waals surface area contributed by atoms with Gasteiger partial charge < -0.3 is 9.90 Å². The molecule has 9 nitrogen and oxygen atoms in total. The number of hydrogen-bond acceptors (Lipinski definition) is 5. The largest absolute Gasteiger partial charge is 0.464 e. The number of anilines is 3. The molecule has 1 aromatic carbocycles. The van der Waals surface area contributed by atoms with Gasteiger partial charge in [0.1, 0.15) is 12.1 Å². The maximum absolute atomic E-state index is 15.4. The van der Waals surface area contributed by atoms with Crippen LogP contribution in [0.1, 0.15) is 45.6 Å². The van der Waals surface area contributed by atoms with E-state index in [4.69, 9.17) is 0 Å². The van der Waals surface area contributed by atoms with E-state index in [9.17, 15) is 32.3 Å². The first-order valence-electron chi connectivity index (χ1n) is 10.4. The molecular weight excluding hydrogens is 599 g/mol. The Bertz CT molecular complexity index is 1380. The zero-order chi connectivity index (χ0) is 26.5. The van der Waals surface area contributed by atoms with Crippen molar-refractivity contribution in [3.63, 3.8) is 0 Å². The van der Waals surface area contributed by atoms with E-state index in [1.807, 2.05) is 22.6 Å². The summed E-state index contributed by atoms with van der Waals surface area (Å²) < 4.78 is 58.9. The quantitative estimate of drug-likeness (QED) is 0.351. The van der Waals surface area contributed by atoms with Crippen molar-refractivity contribution in [1.29, 1.82) is 0 Å². The Morgan fingerprint density at radius 1 is 1.31 bits per heavy atom. The van der Waals surface area contributed by atoms with Crippen molar-refractivity contribution >= 4 is 62.2 Å². The number of nitrogens with zero attached hydrogens (tertiary/aromatic N) is 2. The average Bonchev–Trinajstić information content (AvgIpc) is 3.50. The van der Waals surface area contributed by atoms with Crippen LogP contribution < -0.4 is 15.2 Å². The Balaban J connectivity index is 2.44. The van der Waals surface area contributed by atoms with Crippen LogP contribution in [0.2, 0.25) is 0 Å². The van der Waals surface area contributed by atoms with Gasteiger partial charge in [0.15, 0.2) is 11.6 Å². The predicted molar refractivity (Wildman–Crippen MR) is 135 cm³/mol. The summed E-state index contributed by atoms with van der Waals surface area (Å²) in [6.45, 7) is 4.55. The van der Waals surface area contributed by atoms with E-state index < -0.39 is 66.2 Å². The average molecular weight is 623 g/mol. The van der Waals surface area contributed by atoms with Gasteiger partial charge in [-0.3, -0.25) is 14.1 Å². The zero-order valence-corrected chi connectivity index (χ0v) is 22.3. The summed E-state index contributed by atoms with van der Waals surface area (Å²) in [7, 11) is -3.29. The van der Waals surface area contributed by atoms with Crippen molar-refractivity contribution < 1.29 is 31.9 Å². The fourth-order valence-corrected chi connectivity index (χ4v) is 5.95. The topological polar surface area (TPSA) is 126 Å². The Hall–Kier alpha value is -2.55. The number of aromatic nitrogens is 1. The molecule has 1 amide bonds. The molecule has 35 heavy (non-hydrogen) atoms. The van der Waals surface area contributed by atoms with Gasteiger partial charge in [-0.2, -0.15) is 0 Å². The highest BCUT2D eigenvalue weighted by molar-refractivity contribution is 14.1. The SMILES string of the molecule is Cn1c(N(C(=O)O)c2ccc(I)cc2F)c(NS(=O)(=O)C2(CC=O)CC2)c(C(C)(C)C)c(F)c1=O. The van der Waals surface area contributed by atoms with Gasteiger partial charge in [0.05, 0.1) is 16.1 Å². The lowest BCUT2D eigenvalue weighted by molar-refractivity contribution is -0.108. The van der Waals surface area contributed by atoms with Crippen molar-refractivity contribution in [2.75, 3.05) is 9.62 Å². The van der Waals surface area contributed by atoms with E-state index in [0.717, 1.165) is 19.2 Å². The standard InChI is InChI=1S/C22H24F2IN3O6S/c1-21(2,3)15-16(24)19(30)27(4)18(17(15)26-35(33,34)22(7-8-22)9-10-29)28(20(31)32)14-6-5-12(25)11-13(14)23/h5-6,10-11,26H,7-9H2,1-4H3,(H,31,32). The Morgan fingerprint density at radius 3 is 2.37 bits per heavy atom. The summed E-state index contributed by atoms with van der Waals surface area (Å²) >= 11 is 1.83. The number of hydrogen-bond donors (Lipinski definition) is 2. The molecule has 3 rings (SSSR count). The molecular formula is C22H24F2IN3O6S. The van der Waals surface area contributed by atoms with Crippen LogP contribution in [0.15, 0.2) is 23.0 Å². The number of carbonyl (C=O) groups excluding carboxylic acids is 1. The second-order valence-corrected chi connectivity index (χ2v) is 12.7. The number of sulfonamides is 1. The van der Waals surface area contributed by atoms with Gasteiger partial charge in [-0.15, -0.1) is 0 Å². The molecule has 0 saturated heterocycles. The van der Waals surface area contributed by atoms with Crippen LogP contribution in [0.25, 0.3) is 0 Å². The number of benzene rings is 1. The van der Waals surface area contributed by atoms with Crippen molar-refractivity contribution in [2.45, 2.75) is 50.2 Å². The first kappa shape index (κ1) is 27.0. The summed E-state index contributed by atoms with van der Waals surface area (Å²) in [5, 5.41) is 10.1. The molecule has 0 aliphatic heterocycles. The molecule has 0 atom stereocenters. The summed E-state index contributed by atoms with van der Waals surface area (Å²) in [5.74, 6) is -2.82. The first-order chi connectivity index (χ1) is 16.1. The van der Waals surface area contributed by atoms with Crippen LogP contribution in [0.5, 0.6) is 0 Å². The molecule has 0 spiro atoms. The molecule has 1 fully saturated rings. The monoisotopic (exact) mass is 623 g/mol. The summed E-state index contributed by atoms with van der Waals surface area (Å²) in [4.78, 5) is 36.8. The molecule has 1 aliphatic rings. The van der Waals surface area contributed by atoms with E-state index >= 15 is 4.39 Å². The zero-order valence-electron chi connectivity index (χ0n) is 19.4. The Kier molecular flexibility index (Phi) is 7.07. The molecule has 13 heteroatoms. The fraction of sp³-hybridized carbons (Fsp3) is 0.409. The van der Waals surface area contributed by atoms with Crippen LogP contribution >= 0.6 is 22.6 Å². The number of rotatable bonds is 7. The van der Waals surface area contributed by atoms with Crippen LogP contribution in [-0.4, -0.2) is 35.2 Å². The van der Waals surface area contributed by atoms with Gasteiger partial charge in [-0.1, -0.05) is 20.8 Å². The number of nitrogens with one attached hydrogen (secondary N) is 1. The molecule has 0 bridgehead atoms. The number of carbonyl (C=O) groups is 2. The molecule has 2 aromatic rings. The summed E-state index contributed by atoms with van der Waals surface area (Å²) in [6, 6.07) is 3.64. The lowest BCUT2D eigenvalue weighted by atomic mass is 9.85. The van der Waals surface area contributed by atoms with Crippen LogP contribution in [0, 0.1) is 15.2 Å². The number of amides is 1. The van der Waals surface area contributed by atoms with E-state index in [-0.39, 0.29) is 19.3 Å². The molecule has 190 valence electrons. The molecule has 0 unspecified atom stereocenters. The van der Waals surface area contributed by atoms with Gasteiger partial charge in [0, 0.05) is 22.6 Å². The summed E-state index contributed by atoms with van der Waals surface area (Å²) in [5.41, 5.74) is -3.80. The number of carboxylic acid groups (broad SMARTS) is 1. The van der Waals surface area contributed by atoms with E-state index in [2.05, 4.69) is 4.72 Å². The van der Waals surface area contributed by atoms with Gasteiger partial charge in [-0.05, 0) is 59.0 Å². The molecule has 1 aromatic heterocycles. The highest BCUT2D eigenvalue weighted by Crippen LogP contribution is 2.49. The third-order valence-corrected chi connectivity index (χ3v) is 8.74. The van der Waals surface area contributed by atoms with E-state index in [1.54, 1.807) is 0 Å². The molecule has 1 aliphatic carbocycles. The maximum atomic E-state index is 15.4. The lowest BCUT2D eigenvalue weighted by Crippen LogP contribution is -2.39. The molecule has 2 N–H and O–H groups in total. The van der Waals surface area contributed by atoms with E-state index in [0.29, 0.717) is 19.3 Å². The molecule has 0 radical (unpaired) electrons. The fourth-order valence-electron chi connectivity index (χ4n) is 3.89. The highest BCUT2D eigenvalue weighted by atomic mass is 127. The third-order valence-electron chi connectivity index (χ3n) is 5.88. The van der Waals surface area contributed by atoms with Crippen LogP contribution in [0.3, 0.4) is 0 Å². The number of halogens is 3. The summed E-state index contributed by atoms with van der Waals surface area (Å²) in [6.07, 6.45) is -1.25. The lowest BCUT2D eigenvalue weighted by Gasteiger charge is -2.31. The van der Waals surface area contributed by atoms with Crippen molar-refractivity contribution in [3.05, 3.63) is 49.3 Å². The predicted octanol–water partition coefficient (Wildman–Crippen LogP) is 4.25. The van der Waals surface area contributed by atoms with Gasteiger partial charge >= 0.3 is 6.09 Å². The maximum Gasteiger partial charge on any atom is 0.417 e. The smallest absolute Gasteiger partial charge is 0.417 e. The Morgan fingerprint density at radius 2 is 1.91 bits per heavy atom. The minimum Gasteiger partial charge on any atom is -0.464 e. The van der Waals surface area contributed by atoms with Crippen molar-refractivity contribution in [1.82, 2.24) is 4.57 Å². The van der Waals surface area contributed by atoms with Crippen LogP contribution in [0.4, 0.5) is 30.8 Å². The van der Waals surface area contributed by atoms with Gasteiger partial charge in [0.2, 0.25) is 10.0 Å². The minimum atomic E-state index is -4.35. The van der Waals surface area contributed by atoms with Gasteiger partial charge in [0.25, 0.3) is 5.56 Å². The normalized spacial score (nSPS) is 14.9. The number of pyridine rings is 1. The Labute approximate surface area is 214 Å². The minimum absolute atomic E-state index is 0.171. The highest BCUT2D eigenvalue weighted by Gasteiger charge is 2.55. The second-order valence-electron chi connectivity index (χ2n) is 9.37. The number of aldehydes is 1. The second kappa shape index (κ2) is 9.15. The van der Waals surface area contributed by atoms with Crippen LogP contribution in [-0.2, 0) is 27.3 Å². The van der Waals surface area contributed by atoms with Crippen molar-refractivity contribution in [3.8, 4) is 0 Å². The third kappa shape index (κ3) is 4.79. The van der Waals surface area contributed by atoms with Crippen molar-refractivity contribution in [2.24, 2.45) is 7.05 Å².